The first-order chi connectivity index (χ1) is 17.0. The lowest BCUT2D eigenvalue weighted by molar-refractivity contribution is 0.0951. The Kier molecular flexibility index (Phi) is 5.43. The Morgan fingerprint density at radius 2 is 1.91 bits per heavy atom. The van der Waals surface area contributed by atoms with Gasteiger partial charge < -0.3 is 16.4 Å². The van der Waals surface area contributed by atoms with E-state index < -0.39 is 0 Å². The maximum atomic E-state index is 14.9. The summed E-state index contributed by atoms with van der Waals surface area (Å²) in [5.41, 5.74) is 10.0. The summed E-state index contributed by atoms with van der Waals surface area (Å²) < 4.78 is 16.5. The van der Waals surface area contributed by atoms with Gasteiger partial charge in [0.05, 0.1) is 0 Å². The van der Waals surface area contributed by atoms with Crippen molar-refractivity contribution in [2.24, 2.45) is 5.73 Å². The lowest BCUT2D eigenvalue weighted by Crippen LogP contribution is -2.54. The van der Waals surface area contributed by atoms with Crippen LogP contribution in [-0.4, -0.2) is 50.6 Å². The summed E-state index contributed by atoms with van der Waals surface area (Å²) in [5, 5.41) is 10.7. The van der Waals surface area contributed by atoms with E-state index in [4.69, 9.17) is 5.73 Å². The largest absolute Gasteiger partial charge is 0.349 e. The molecule has 2 aromatic heterocycles. The van der Waals surface area contributed by atoms with Gasteiger partial charge in [-0.25, -0.2) is 8.91 Å². The second-order valence-corrected chi connectivity index (χ2v) is 9.34. The first-order valence-electron chi connectivity index (χ1n) is 11.8. The van der Waals surface area contributed by atoms with Gasteiger partial charge in [0.1, 0.15) is 5.82 Å². The number of benzene rings is 2. The zero-order chi connectivity index (χ0) is 23.9. The molecule has 9 heteroatoms. The molecule has 0 atom stereocenters. The van der Waals surface area contributed by atoms with Crippen molar-refractivity contribution < 1.29 is 9.18 Å². The van der Waals surface area contributed by atoms with Gasteiger partial charge in [0.25, 0.3) is 5.91 Å². The first kappa shape index (κ1) is 21.7. The number of fused-ring (bicyclic) bond motifs is 1. The summed E-state index contributed by atoms with van der Waals surface area (Å²) >= 11 is 0. The van der Waals surface area contributed by atoms with Crippen LogP contribution in [0.3, 0.4) is 0 Å². The van der Waals surface area contributed by atoms with E-state index in [1.165, 1.54) is 0 Å². The molecule has 1 amide bonds. The van der Waals surface area contributed by atoms with Crippen LogP contribution in [0.25, 0.3) is 16.8 Å². The van der Waals surface area contributed by atoms with Gasteiger partial charge >= 0.3 is 0 Å². The molecule has 1 saturated carbocycles. The van der Waals surface area contributed by atoms with Crippen molar-refractivity contribution in [1.29, 1.82) is 0 Å². The number of hydrogen-bond acceptors (Lipinski definition) is 6. The van der Waals surface area contributed by atoms with Crippen LogP contribution in [0.4, 0.5) is 16.0 Å². The van der Waals surface area contributed by atoms with Gasteiger partial charge in [0.2, 0.25) is 5.95 Å². The quantitative estimate of drug-likeness (QED) is 0.382. The van der Waals surface area contributed by atoms with Crippen LogP contribution in [-0.2, 0) is 6.54 Å². The summed E-state index contributed by atoms with van der Waals surface area (Å²) in [4.78, 5) is 19.0. The van der Waals surface area contributed by atoms with E-state index >= 15 is 0 Å². The molecule has 0 radical (unpaired) electrons. The Hall–Kier alpha value is -3.82. The molecule has 0 spiro atoms. The minimum absolute atomic E-state index is 0.0544. The Bertz CT molecular complexity index is 1390. The summed E-state index contributed by atoms with van der Waals surface area (Å²) in [6.45, 7) is 2.16. The van der Waals surface area contributed by atoms with Crippen LogP contribution >= 0.6 is 0 Å². The normalized spacial score (nSPS) is 16.3. The highest BCUT2D eigenvalue weighted by Crippen LogP contribution is 2.28. The second kappa shape index (κ2) is 8.75. The van der Waals surface area contributed by atoms with E-state index in [1.54, 1.807) is 28.9 Å². The number of halogens is 1. The lowest BCUT2D eigenvalue weighted by Gasteiger charge is -2.36. The number of likely N-dealkylation sites (tertiary alicyclic amines) is 1. The Balaban J connectivity index is 1.20. The zero-order valence-corrected chi connectivity index (χ0v) is 19.1. The Morgan fingerprint density at radius 3 is 2.63 bits per heavy atom. The number of carbonyl (C=O) groups excluding carboxylic acids is 1. The Morgan fingerprint density at radius 1 is 1.11 bits per heavy atom. The monoisotopic (exact) mass is 471 g/mol. The van der Waals surface area contributed by atoms with E-state index in [-0.39, 0.29) is 17.8 Å². The third-order valence-corrected chi connectivity index (χ3v) is 6.42. The molecule has 35 heavy (non-hydrogen) atoms. The van der Waals surface area contributed by atoms with Gasteiger partial charge in [-0.2, -0.15) is 4.98 Å². The molecular weight excluding hydrogens is 445 g/mol. The summed E-state index contributed by atoms with van der Waals surface area (Å²) in [6, 6.07) is 16.8. The van der Waals surface area contributed by atoms with E-state index in [0.29, 0.717) is 35.3 Å². The fraction of sp³-hybridized carbons (Fsp3) is 0.269. The summed E-state index contributed by atoms with van der Waals surface area (Å²) in [7, 11) is 0. The number of rotatable bonds is 7. The second-order valence-electron chi connectivity index (χ2n) is 9.34. The maximum absolute atomic E-state index is 14.9. The minimum Gasteiger partial charge on any atom is -0.349 e. The number of nitrogens with one attached hydrogen (secondary N) is 2. The average Bonchev–Trinajstić information content (AvgIpc) is 3.55. The van der Waals surface area contributed by atoms with Gasteiger partial charge in [-0.1, -0.05) is 12.1 Å². The molecular formula is C26H26FN7O. The maximum Gasteiger partial charge on any atom is 0.251 e. The van der Waals surface area contributed by atoms with Gasteiger partial charge in [0.15, 0.2) is 5.65 Å². The van der Waals surface area contributed by atoms with Gasteiger partial charge in [-0.05, 0) is 60.9 Å². The fourth-order valence-corrected chi connectivity index (χ4v) is 4.34. The standard InChI is InChI=1S/C26H26FN7O/c27-23-12-17(3-4-18(23)13-33-14-19(28)15-33)22-2-1-11-34-24(22)31-26(32-34)30-21-7-5-16(6-8-21)25(35)29-20-9-10-20/h1-8,11-12,19-20H,9-10,13-15,28H2,(H,29,35)(H,30,32). The van der Waals surface area contributed by atoms with E-state index in [9.17, 15) is 9.18 Å². The average molecular weight is 472 g/mol. The Labute approximate surface area is 202 Å². The molecule has 4 aromatic rings. The van der Waals surface area contributed by atoms with Crippen molar-refractivity contribution in [2.75, 3.05) is 18.4 Å². The highest BCUT2D eigenvalue weighted by Gasteiger charge is 2.24. The molecule has 0 bridgehead atoms. The molecule has 1 saturated heterocycles. The first-order valence-corrected chi connectivity index (χ1v) is 11.8. The molecule has 8 nitrogen and oxygen atoms in total. The summed E-state index contributed by atoms with van der Waals surface area (Å²) in [6.07, 6.45) is 3.91. The highest BCUT2D eigenvalue weighted by molar-refractivity contribution is 5.95. The number of aromatic nitrogens is 3. The van der Waals surface area contributed by atoms with Crippen LogP contribution in [0, 0.1) is 5.82 Å². The molecule has 0 unspecified atom stereocenters. The third-order valence-electron chi connectivity index (χ3n) is 6.42. The summed E-state index contributed by atoms with van der Waals surface area (Å²) in [5.74, 6) is 0.119. The number of pyridine rings is 1. The number of nitrogens with zero attached hydrogens (tertiary/aromatic N) is 4. The van der Waals surface area contributed by atoms with Crippen molar-refractivity contribution in [1.82, 2.24) is 24.8 Å². The number of hydrogen-bond donors (Lipinski definition) is 3. The van der Waals surface area contributed by atoms with Crippen LogP contribution < -0.4 is 16.4 Å². The molecule has 6 rings (SSSR count). The molecule has 3 heterocycles. The lowest BCUT2D eigenvalue weighted by atomic mass is 10.0. The van der Waals surface area contributed by atoms with Crippen molar-refractivity contribution in [3.05, 3.63) is 77.7 Å². The van der Waals surface area contributed by atoms with Crippen LogP contribution in [0.1, 0.15) is 28.8 Å². The van der Waals surface area contributed by atoms with Gasteiger partial charge in [-0.3, -0.25) is 9.69 Å². The molecule has 1 aliphatic carbocycles. The van der Waals surface area contributed by atoms with Gasteiger partial charge in [0, 0.05) is 60.3 Å². The molecule has 1 aliphatic heterocycles. The van der Waals surface area contributed by atoms with Crippen LogP contribution in [0.5, 0.6) is 0 Å². The number of amides is 1. The predicted molar refractivity (Wildman–Crippen MR) is 132 cm³/mol. The van der Waals surface area contributed by atoms with Crippen molar-refractivity contribution >= 4 is 23.2 Å². The zero-order valence-electron chi connectivity index (χ0n) is 19.1. The van der Waals surface area contributed by atoms with Crippen molar-refractivity contribution in [3.8, 4) is 11.1 Å². The molecule has 2 aromatic carbocycles. The SMILES string of the molecule is NC1CN(Cc2ccc(-c3cccn4nc(Nc5ccc(C(=O)NC6CC6)cc5)nc34)cc2F)C1. The number of nitrogens with two attached hydrogens (primary N) is 1. The fourth-order valence-electron chi connectivity index (χ4n) is 4.34. The van der Waals surface area contributed by atoms with Gasteiger partial charge in [-0.15, -0.1) is 5.10 Å². The van der Waals surface area contributed by atoms with Crippen LogP contribution in [0.2, 0.25) is 0 Å². The van der Waals surface area contributed by atoms with Crippen molar-refractivity contribution in [3.63, 3.8) is 0 Å². The van der Waals surface area contributed by atoms with E-state index in [0.717, 1.165) is 42.7 Å². The topological polar surface area (TPSA) is 101 Å². The van der Waals surface area contributed by atoms with E-state index in [2.05, 4.69) is 25.6 Å². The minimum atomic E-state index is -0.242. The molecule has 2 fully saturated rings. The molecule has 178 valence electrons. The molecule has 2 aliphatic rings. The predicted octanol–water partition coefficient (Wildman–Crippen LogP) is 3.31. The third kappa shape index (κ3) is 4.60. The molecule has 4 N–H and O–H groups in total. The van der Waals surface area contributed by atoms with E-state index in [1.807, 2.05) is 36.4 Å². The highest BCUT2D eigenvalue weighted by atomic mass is 19.1. The number of anilines is 2. The number of carbonyl (C=O) groups is 1. The smallest absolute Gasteiger partial charge is 0.251 e. The van der Waals surface area contributed by atoms with Crippen molar-refractivity contribution in [2.45, 2.75) is 31.5 Å². The van der Waals surface area contributed by atoms with Crippen LogP contribution in [0.15, 0.2) is 60.8 Å².